The predicted octanol–water partition coefficient (Wildman–Crippen LogP) is 4.08. The molecule has 0 spiro atoms. The van der Waals surface area contributed by atoms with Crippen LogP contribution in [0.4, 0.5) is 4.79 Å². The number of amides is 4. The molecule has 1 fully saturated rings. The molecule has 2 aliphatic rings. The van der Waals surface area contributed by atoms with Gasteiger partial charge < -0.3 is 9.73 Å². The minimum absolute atomic E-state index is 0.419. The van der Waals surface area contributed by atoms with E-state index >= 15 is 0 Å². The van der Waals surface area contributed by atoms with E-state index in [4.69, 9.17) is 16.0 Å². The molecule has 5 rings (SSSR count). The fourth-order valence-electron chi connectivity index (χ4n) is 4.28. The van der Waals surface area contributed by atoms with Crippen LogP contribution in [-0.2, 0) is 15.1 Å². The van der Waals surface area contributed by atoms with Crippen LogP contribution in [0.5, 0.6) is 0 Å². The first kappa shape index (κ1) is 21.9. The van der Waals surface area contributed by atoms with Crippen LogP contribution in [0.1, 0.15) is 36.3 Å². The van der Waals surface area contributed by atoms with Gasteiger partial charge in [-0.2, -0.15) is 5.10 Å². The number of urea groups is 1. The zero-order valence-corrected chi connectivity index (χ0v) is 19.0. The third-order valence-corrected chi connectivity index (χ3v) is 6.39. The Bertz CT molecular complexity index is 1270. The van der Waals surface area contributed by atoms with E-state index in [2.05, 4.69) is 10.4 Å². The molecule has 8 nitrogen and oxygen atoms in total. The number of carbonyl (C=O) groups is 3. The van der Waals surface area contributed by atoms with E-state index in [1.54, 1.807) is 55.5 Å². The Balaban J connectivity index is 1.41. The standard InChI is InChI=1S/C25H21ClN4O4/c1-25(17-6-3-2-4-7-17)23(32)29(24(33)27-25)15-22(31)30-20(21-8-5-13-34-21)14-19(28-30)16-9-11-18(26)12-10-16/h2-13,20H,14-15H2,1H3,(H,27,33)/t20-,25-/m1/s1. The molecule has 0 bridgehead atoms. The number of benzene rings is 2. The van der Waals surface area contributed by atoms with Gasteiger partial charge in [0.25, 0.3) is 11.8 Å². The molecule has 0 unspecified atom stereocenters. The van der Waals surface area contributed by atoms with Crippen LogP contribution in [0.25, 0.3) is 0 Å². The van der Waals surface area contributed by atoms with E-state index in [1.807, 2.05) is 18.2 Å². The first-order valence-electron chi connectivity index (χ1n) is 10.8. The SMILES string of the molecule is C[C@]1(c2ccccc2)NC(=O)N(CC(=O)N2N=C(c3ccc(Cl)cc3)C[C@@H]2c2ccco2)C1=O. The Hall–Kier alpha value is -3.91. The third-order valence-electron chi connectivity index (χ3n) is 6.13. The summed E-state index contributed by atoms with van der Waals surface area (Å²) in [6.45, 7) is 1.19. The lowest BCUT2D eigenvalue weighted by molar-refractivity contribution is -0.140. The van der Waals surface area contributed by atoms with E-state index in [-0.39, 0.29) is 0 Å². The molecule has 0 radical (unpaired) electrons. The summed E-state index contributed by atoms with van der Waals surface area (Å²) in [5.74, 6) is -0.425. The highest BCUT2D eigenvalue weighted by Crippen LogP contribution is 2.34. The lowest BCUT2D eigenvalue weighted by atomic mass is 9.92. The second-order valence-electron chi connectivity index (χ2n) is 8.34. The number of imide groups is 1. The number of hydrogen-bond acceptors (Lipinski definition) is 5. The highest BCUT2D eigenvalue weighted by Gasteiger charge is 2.50. The van der Waals surface area contributed by atoms with Crippen LogP contribution in [0.3, 0.4) is 0 Å². The normalized spacial score (nSPS) is 22.2. The number of hydrazone groups is 1. The largest absolute Gasteiger partial charge is 0.467 e. The van der Waals surface area contributed by atoms with Gasteiger partial charge in [0.1, 0.15) is 23.9 Å². The highest BCUT2D eigenvalue weighted by atomic mass is 35.5. The van der Waals surface area contributed by atoms with Gasteiger partial charge in [0, 0.05) is 11.4 Å². The maximum Gasteiger partial charge on any atom is 0.325 e. The maximum atomic E-state index is 13.4. The van der Waals surface area contributed by atoms with Gasteiger partial charge in [-0.1, -0.05) is 54.1 Å². The van der Waals surface area contributed by atoms with Crippen LogP contribution in [-0.4, -0.2) is 40.0 Å². The molecule has 4 amide bonds. The van der Waals surface area contributed by atoms with Gasteiger partial charge in [-0.3, -0.25) is 14.5 Å². The average Bonchev–Trinajstić information content (AvgIpc) is 3.56. The molecular formula is C25H21ClN4O4. The second kappa shape index (κ2) is 8.46. The molecule has 9 heteroatoms. The van der Waals surface area contributed by atoms with Crippen molar-refractivity contribution in [2.75, 3.05) is 6.54 Å². The molecule has 0 saturated carbocycles. The average molecular weight is 477 g/mol. The minimum atomic E-state index is -1.25. The van der Waals surface area contributed by atoms with Gasteiger partial charge in [-0.25, -0.2) is 9.80 Å². The molecule has 34 heavy (non-hydrogen) atoms. The van der Waals surface area contributed by atoms with E-state index in [0.717, 1.165) is 10.5 Å². The van der Waals surface area contributed by atoms with Gasteiger partial charge >= 0.3 is 6.03 Å². The van der Waals surface area contributed by atoms with Gasteiger partial charge in [-0.15, -0.1) is 0 Å². The lowest BCUT2D eigenvalue weighted by Crippen LogP contribution is -2.43. The summed E-state index contributed by atoms with van der Waals surface area (Å²) in [4.78, 5) is 40.2. The summed E-state index contributed by atoms with van der Waals surface area (Å²) in [6.07, 6.45) is 1.95. The summed E-state index contributed by atoms with van der Waals surface area (Å²) in [6, 6.07) is 18.5. The van der Waals surface area contributed by atoms with Crippen LogP contribution in [0.15, 0.2) is 82.5 Å². The molecule has 2 aromatic carbocycles. The van der Waals surface area contributed by atoms with Crippen LogP contribution in [0, 0.1) is 0 Å². The van der Waals surface area contributed by atoms with Crippen LogP contribution < -0.4 is 5.32 Å². The number of rotatable bonds is 5. The predicted molar refractivity (Wildman–Crippen MR) is 125 cm³/mol. The lowest BCUT2D eigenvalue weighted by Gasteiger charge is -2.24. The quantitative estimate of drug-likeness (QED) is 0.561. The maximum absolute atomic E-state index is 13.4. The third kappa shape index (κ3) is 3.76. The van der Waals surface area contributed by atoms with Gasteiger partial charge in [0.05, 0.1) is 12.0 Å². The fourth-order valence-corrected chi connectivity index (χ4v) is 4.40. The molecule has 2 atom stereocenters. The summed E-state index contributed by atoms with van der Waals surface area (Å²) < 4.78 is 5.56. The Morgan fingerprint density at radius 2 is 1.85 bits per heavy atom. The van der Waals surface area contributed by atoms with E-state index in [1.165, 1.54) is 11.3 Å². The zero-order chi connectivity index (χ0) is 23.9. The van der Waals surface area contributed by atoms with Crippen molar-refractivity contribution in [3.05, 3.63) is 94.9 Å². The van der Waals surface area contributed by atoms with Gasteiger partial charge in [0.2, 0.25) is 0 Å². The molecule has 1 saturated heterocycles. The second-order valence-corrected chi connectivity index (χ2v) is 8.78. The van der Waals surface area contributed by atoms with Crippen molar-refractivity contribution in [3.63, 3.8) is 0 Å². The molecule has 1 N–H and O–H groups in total. The molecular weight excluding hydrogens is 456 g/mol. The number of nitrogens with zero attached hydrogens (tertiary/aromatic N) is 3. The molecule has 172 valence electrons. The summed E-state index contributed by atoms with van der Waals surface area (Å²) in [7, 11) is 0. The first-order valence-corrected chi connectivity index (χ1v) is 11.1. The number of hydrogen-bond donors (Lipinski definition) is 1. The van der Waals surface area contributed by atoms with Gasteiger partial charge in [-0.05, 0) is 42.3 Å². The van der Waals surface area contributed by atoms with E-state index < -0.39 is 36.0 Å². The van der Waals surface area contributed by atoms with Crippen molar-refractivity contribution >= 4 is 35.2 Å². The summed E-state index contributed by atoms with van der Waals surface area (Å²) >= 11 is 6.00. The van der Waals surface area contributed by atoms with E-state index in [9.17, 15) is 14.4 Å². The molecule has 3 heterocycles. The van der Waals surface area contributed by atoms with Crippen molar-refractivity contribution in [1.82, 2.24) is 15.2 Å². The zero-order valence-electron chi connectivity index (χ0n) is 18.3. The number of carbonyl (C=O) groups excluding carboxylic acids is 3. The number of nitrogens with one attached hydrogen (secondary N) is 1. The topological polar surface area (TPSA) is 95.2 Å². The van der Waals surface area contributed by atoms with Crippen molar-refractivity contribution in [3.8, 4) is 0 Å². The highest BCUT2D eigenvalue weighted by molar-refractivity contribution is 6.30. The smallest absolute Gasteiger partial charge is 0.325 e. The van der Waals surface area contributed by atoms with Crippen molar-refractivity contribution in [1.29, 1.82) is 0 Å². The van der Waals surface area contributed by atoms with Crippen molar-refractivity contribution in [2.45, 2.75) is 24.9 Å². The summed E-state index contributed by atoms with van der Waals surface area (Å²) in [5, 5.41) is 9.15. The molecule has 3 aromatic rings. The number of furan rings is 1. The number of halogens is 1. The molecule has 0 aliphatic carbocycles. The first-order chi connectivity index (χ1) is 16.4. The van der Waals surface area contributed by atoms with Crippen LogP contribution in [0.2, 0.25) is 5.02 Å². The Morgan fingerprint density at radius 1 is 1.12 bits per heavy atom. The monoisotopic (exact) mass is 476 g/mol. The molecule has 2 aliphatic heterocycles. The van der Waals surface area contributed by atoms with Gasteiger partial charge in [0.15, 0.2) is 0 Å². The van der Waals surface area contributed by atoms with Crippen LogP contribution >= 0.6 is 11.6 Å². The van der Waals surface area contributed by atoms with Crippen molar-refractivity contribution < 1.29 is 18.8 Å². The fraction of sp³-hybridized carbons (Fsp3) is 0.200. The Labute approximate surface area is 200 Å². The Morgan fingerprint density at radius 3 is 2.53 bits per heavy atom. The molecule has 1 aromatic heterocycles. The minimum Gasteiger partial charge on any atom is -0.467 e. The summed E-state index contributed by atoms with van der Waals surface area (Å²) in [5.41, 5.74) is 0.892. The Kier molecular flexibility index (Phi) is 5.45. The van der Waals surface area contributed by atoms with E-state index in [0.29, 0.717) is 28.5 Å². The van der Waals surface area contributed by atoms with Crippen molar-refractivity contribution in [2.24, 2.45) is 5.10 Å².